The molecule has 1 aromatic heterocycles. The van der Waals surface area contributed by atoms with Gasteiger partial charge in [0.25, 0.3) is 0 Å². The van der Waals surface area contributed by atoms with Crippen molar-refractivity contribution in [3.8, 4) is 0 Å². The zero-order valence-electron chi connectivity index (χ0n) is 5.05. The van der Waals surface area contributed by atoms with E-state index in [4.69, 9.17) is 0 Å². The van der Waals surface area contributed by atoms with Crippen LogP contribution in [0.4, 0.5) is 0 Å². The maximum absolute atomic E-state index is 3.93. The predicted octanol–water partition coefficient (Wildman–Crippen LogP) is -0.957. The van der Waals surface area contributed by atoms with Gasteiger partial charge in [-0.15, -0.1) is 0 Å². The summed E-state index contributed by atoms with van der Waals surface area (Å²) in [5, 5.41) is 0. The molecule has 0 spiro atoms. The predicted molar refractivity (Wildman–Crippen MR) is 34.9 cm³/mol. The average Bonchev–Trinajstić information content (AvgIpc) is 1.64. The largest absolute Gasteiger partial charge is 0.252 e. The van der Waals surface area contributed by atoms with Crippen LogP contribution in [0.1, 0.15) is 5.69 Å². The molecule has 0 aliphatic carbocycles. The van der Waals surface area contributed by atoms with Gasteiger partial charge in [0.1, 0.15) is 6.33 Å². The molecular formula is C5H7BN2. The number of nitrogens with zero attached hydrogens (tertiary/aromatic N) is 2. The highest BCUT2D eigenvalue weighted by Gasteiger charge is 1.83. The molecule has 1 heterocycles. The molecule has 0 saturated carbocycles. The van der Waals surface area contributed by atoms with Gasteiger partial charge in [-0.1, -0.05) is 0 Å². The first-order valence-corrected chi connectivity index (χ1v) is 2.54. The van der Waals surface area contributed by atoms with Crippen LogP contribution in [-0.2, 0) is 0 Å². The summed E-state index contributed by atoms with van der Waals surface area (Å²) in [7, 11) is 1.95. The molecule has 0 saturated heterocycles. The molecule has 0 aliphatic heterocycles. The van der Waals surface area contributed by atoms with E-state index in [1.54, 1.807) is 6.33 Å². The molecule has 40 valence electrons. The van der Waals surface area contributed by atoms with Gasteiger partial charge in [-0.05, 0) is 18.6 Å². The number of hydrogen-bond acceptors (Lipinski definition) is 2. The van der Waals surface area contributed by atoms with Crippen LogP contribution in [0.25, 0.3) is 0 Å². The third kappa shape index (κ3) is 1.06. The van der Waals surface area contributed by atoms with E-state index >= 15 is 0 Å². The maximum Gasteiger partial charge on any atom is 0.164 e. The minimum atomic E-state index is 1.03. The quantitative estimate of drug-likeness (QED) is 0.398. The summed E-state index contributed by atoms with van der Waals surface area (Å²) in [6, 6.07) is 1.94. The molecular weight excluding hydrogens is 98.9 g/mol. The van der Waals surface area contributed by atoms with E-state index in [1.165, 1.54) is 0 Å². The van der Waals surface area contributed by atoms with Crippen LogP contribution in [0.2, 0.25) is 0 Å². The molecule has 8 heavy (non-hydrogen) atoms. The lowest BCUT2D eigenvalue weighted by atomic mass is 10.0. The molecule has 1 rings (SSSR count). The second kappa shape index (κ2) is 1.94. The number of rotatable bonds is 0. The van der Waals surface area contributed by atoms with E-state index in [-0.39, 0.29) is 0 Å². The third-order valence-electron chi connectivity index (χ3n) is 0.941. The fourth-order valence-electron chi connectivity index (χ4n) is 0.588. The van der Waals surface area contributed by atoms with Crippen molar-refractivity contribution in [2.24, 2.45) is 0 Å². The van der Waals surface area contributed by atoms with E-state index in [9.17, 15) is 0 Å². The third-order valence-corrected chi connectivity index (χ3v) is 0.941. The topological polar surface area (TPSA) is 25.8 Å². The van der Waals surface area contributed by atoms with Gasteiger partial charge < -0.3 is 0 Å². The van der Waals surface area contributed by atoms with Crippen molar-refractivity contribution in [2.45, 2.75) is 6.92 Å². The molecule has 0 unspecified atom stereocenters. The molecule has 2 nitrogen and oxygen atoms in total. The summed E-state index contributed by atoms with van der Waals surface area (Å²) in [5.74, 6) is 0. The van der Waals surface area contributed by atoms with Crippen LogP contribution in [-0.4, -0.2) is 17.8 Å². The van der Waals surface area contributed by atoms with Gasteiger partial charge in [0.05, 0.1) is 0 Å². The van der Waals surface area contributed by atoms with E-state index in [2.05, 4.69) is 9.97 Å². The zero-order chi connectivity index (χ0) is 5.98. The summed E-state index contributed by atoms with van der Waals surface area (Å²) in [6.45, 7) is 1.95. The Balaban J connectivity index is 3.08. The number of aromatic nitrogens is 2. The Kier molecular flexibility index (Phi) is 1.28. The standard InChI is InChI=1S/C5H7BN2/c1-4-2-5(6)8-3-7-4/h2-3H,6H2,1H3. The SMILES string of the molecule is Bc1cc(C)ncn1. The first kappa shape index (κ1) is 5.28. The van der Waals surface area contributed by atoms with Crippen molar-refractivity contribution in [2.75, 3.05) is 0 Å². The Morgan fingerprint density at radius 3 is 2.62 bits per heavy atom. The van der Waals surface area contributed by atoms with E-state index in [1.807, 2.05) is 20.8 Å². The Bertz CT molecular complexity index is 170. The molecule has 0 radical (unpaired) electrons. The molecule has 0 atom stereocenters. The number of hydrogen-bond donors (Lipinski definition) is 0. The van der Waals surface area contributed by atoms with Crippen LogP contribution in [0.3, 0.4) is 0 Å². The van der Waals surface area contributed by atoms with Gasteiger partial charge in [-0.2, -0.15) is 0 Å². The Labute approximate surface area is 49.4 Å². The van der Waals surface area contributed by atoms with E-state index < -0.39 is 0 Å². The van der Waals surface area contributed by atoms with Crippen molar-refractivity contribution in [3.63, 3.8) is 0 Å². The van der Waals surface area contributed by atoms with Crippen molar-refractivity contribution >= 4 is 13.4 Å². The highest BCUT2D eigenvalue weighted by molar-refractivity contribution is 6.30. The second-order valence-electron chi connectivity index (χ2n) is 1.80. The summed E-state index contributed by atoms with van der Waals surface area (Å²) >= 11 is 0. The van der Waals surface area contributed by atoms with Crippen molar-refractivity contribution in [1.82, 2.24) is 9.97 Å². The van der Waals surface area contributed by atoms with Gasteiger partial charge in [-0.25, -0.2) is 4.98 Å². The summed E-state index contributed by atoms with van der Waals surface area (Å²) < 4.78 is 0. The fraction of sp³-hybridized carbons (Fsp3) is 0.200. The molecule has 1 aromatic rings. The van der Waals surface area contributed by atoms with Crippen LogP contribution in [0, 0.1) is 6.92 Å². The highest BCUT2D eigenvalue weighted by atomic mass is 14.8. The molecule has 0 amide bonds. The summed E-state index contributed by atoms with van der Waals surface area (Å²) in [5.41, 5.74) is 2.05. The molecule has 0 bridgehead atoms. The second-order valence-corrected chi connectivity index (χ2v) is 1.80. The van der Waals surface area contributed by atoms with Gasteiger partial charge in [0.2, 0.25) is 0 Å². The van der Waals surface area contributed by atoms with Crippen molar-refractivity contribution < 1.29 is 0 Å². The van der Waals surface area contributed by atoms with E-state index in [0.29, 0.717) is 0 Å². The first-order chi connectivity index (χ1) is 3.79. The molecule has 0 aliphatic rings. The van der Waals surface area contributed by atoms with Gasteiger partial charge in [-0.3, -0.25) is 4.98 Å². The zero-order valence-corrected chi connectivity index (χ0v) is 5.05. The lowest BCUT2D eigenvalue weighted by Crippen LogP contribution is -2.07. The molecule has 0 aromatic carbocycles. The van der Waals surface area contributed by atoms with Crippen LogP contribution < -0.4 is 5.59 Å². The van der Waals surface area contributed by atoms with Gasteiger partial charge in [0.15, 0.2) is 7.85 Å². The lowest BCUT2D eigenvalue weighted by Gasteiger charge is -1.89. The lowest BCUT2D eigenvalue weighted by molar-refractivity contribution is 1.12. The Hall–Kier alpha value is -0.855. The minimum Gasteiger partial charge on any atom is -0.252 e. The Morgan fingerprint density at radius 1 is 1.50 bits per heavy atom. The van der Waals surface area contributed by atoms with Crippen LogP contribution >= 0.6 is 0 Å². The highest BCUT2D eigenvalue weighted by Crippen LogP contribution is 1.79. The van der Waals surface area contributed by atoms with Crippen LogP contribution in [0.5, 0.6) is 0 Å². The molecule has 0 fully saturated rings. The van der Waals surface area contributed by atoms with Gasteiger partial charge >= 0.3 is 0 Å². The summed E-state index contributed by atoms with van der Waals surface area (Å²) in [6.07, 6.45) is 1.57. The number of aryl methyl sites for hydroxylation is 1. The maximum atomic E-state index is 3.93. The van der Waals surface area contributed by atoms with Crippen LogP contribution in [0.15, 0.2) is 12.4 Å². The smallest absolute Gasteiger partial charge is 0.164 e. The Morgan fingerprint density at radius 2 is 2.25 bits per heavy atom. The summed E-state index contributed by atoms with van der Waals surface area (Å²) in [4.78, 5) is 7.86. The van der Waals surface area contributed by atoms with Gasteiger partial charge in [0, 0.05) is 5.69 Å². The monoisotopic (exact) mass is 106 g/mol. The van der Waals surface area contributed by atoms with Crippen molar-refractivity contribution in [1.29, 1.82) is 0 Å². The average molecular weight is 106 g/mol. The fourth-order valence-corrected chi connectivity index (χ4v) is 0.588. The van der Waals surface area contributed by atoms with Crippen molar-refractivity contribution in [3.05, 3.63) is 18.1 Å². The molecule has 0 N–H and O–H groups in total. The first-order valence-electron chi connectivity index (χ1n) is 2.54. The van der Waals surface area contributed by atoms with E-state index in [0.717, 1.165) is 11.3 Å². The molecule has 3 heteroatoms. The normalized spacial score (nSPS) is 9.12. The minimum absolute atomic E-state index is 1.03.